The minimum absolute atomic E-state index is 0.284. The largest absolute Gasteiger partial charge is 0.493 e. The number of furan rings is 1. The van der Waals surface area contributed by atoms with Crippen molar-refractivity contribution in [2.45, 2.75) is 37.6 Å². The zero-order valence-corrected chi connectivity index (χ0v) is 12.1. The van der Waals surface area contributed by atoms with Crippen molar-refractivity contribution in [1.82, 2.24) is 5.43 Å². The Hall–Kier alpha value is -1.78. The highest BCUT2D eigenvalue weighted by Crippen LogP contribution is 2.36. The molecular weight excluding hydrogens is 264 g/mol. The maximum absolute atomic E-state index is 5.74. The molecule has 3 N–H and O–H groups in total. The van der Waals surface area contributed by atoms with Gasteiger partial charge in [0.15, 0.2) is 0 Å². The summed E-state index contributed by atoms with van der Waals surface area (Å²) >= 11 is 0. The van der Waals surface area contributed by atoms with E-state index in [0.717, 1.165) is 43.8 Å². The molecule has 0 amide bonds. The lowest BCUT2D eigenvalue weighted by Crippen LogP contribution is -2.37. The van der Waals surface area contributed by atoms with Crippen molar-refractivity contribution >= 4 is 0 Å². The lowest BCUT2D eigenvalue weighted by Gasteiger charge is -2.28. The normalized spacial score (nSPS) is 18.8. The summed E-state index contributed by atoms with van der Waals surface area (Å²) in [4.78, 5) is 0. The van der Waals surface area contributed by atoms with E-state index in [1.54, 1.807) is 6.26 Å². The Kier molecular flexibility index (Phi) is 4.58. The molecule has 112 valence electrons. The van der Waals surface area contributed by atoms with E-state index in [4.69, 9.17) is 15.0 Å². The number of nitrogens with two attached hydrogens (primary N) is 1. The number of aryl methyl sites for hydroxylation is 1. The van der Waals surface area contributed by atoms with E-state index >= 15 is 0 Å². The summed E-state index contributed by atoms with van der Waals surface area (Å²) in [6.07, 6.45) is 5.68. The smallest absolute Gasteiger partial charge is 0.122 e. The number of hydrogen-bond acceptors (Lipinski definition) is 4. The number of benzene rings is 1. The van der Waals surface area contributed by atoms with Crippen LogP contribution in [-0.2, 0) is 6.42 Å². The van der Waals surface area contributed by atoms with Gasteiger partial charge in [-0.15, -0.1) is 0 Å². The van der Waals surface area contributed by atoms with Gasteiger partial charge in [0.25, 0.3) is 0 Å². The third kappa shape index (κ3) is 3.46. The van der Waals surface area contributed by atoms with Gasteiger partial charge in [-0.1, -0.05) is 18.2 Å². The molecule has 0 spiro atoms. The average Bonchev–Trinajstić information content (AvgIpc) is 3.05. The van der Waals surface area contributed by atoms with Crippen molar-refractivity contribution in [3.8, 4) is 5.75 Å². The van der Waals surface area contributed by atoms with Gasteiger partial charge in [0, 0.05) is 12.5 Å². The van der Waals surface area contributed by atoms with Gasteiger partial charge in [-0.3, -0.25) is 11.3 Å². The fourth-order valence-electron chi connectivity index (χ4n) is 3.04. The number of ether oxygens (including phenoxy) is 1. The third-order valence-corrected chi connectivity index (χ3v) is 4.21. The fraction of sp³-hybridized carbons (Fsp3) is 0.412. The molecule has 0 aliphatic carbocycles. The van der Waals surface area contributed by atoms with Crippen molar-refractivity contribution in [2.24, 2.45) is 5.84 Å². The summed E-state index contributed by atoms with van der Waals surface area (Å²) in [5, 5.41) is 0. The molecule has 1 aromatic heterocycles. The highest BCUT2D eigenvalue weighted by atomic mass is 16.5. The van der Waals surface area contributed by atoms with Crippen molar-refractivity contribution in [3.63, 3.8) is 0 Å². The van der Waals surface area contributed by atoms with E-state index in [9.17, 15) is 0 Å². The zero-order chi connectivity index (χ0) is 14.5. The molecule has 0 radical (unpaired) electrons. The molecule has 1 aliphatic heterocycles. The molecule has 21 heavy (non-hydrogen) atoms. The number of rotatable bonds is 6. The Labute approximate surface area is 125 Å². The molecule has 0 bridgehead atoms. The van der Waals surface area contributed by atoms with Crippen LogP contribution in [0.5, 0.6) is 5.75 Å². The Morgan fingerprint density at radius 1 is 1.24 bits per heavy atom. The maximum Gasteiger partial charge on any atom is 0.122 e. The predicted molar refractivity (Wildman–Crippen MR) is 82.1 cm³/mol. The second-order valence-electron chi connectivity index (χ2n) is 5.59. The Bertz CT molecular complexity index is 554. The van der Waals surface area contributed by atoms with Crippen molar-refractivity contribution in [3.05, 3.63) is 54.0 Å². The lowest BCUT2D eigenvalue weighted by atomic mass is 9.86. The van der Waals surface area contributed by atoms with Crippen LogP contribution in [0.25, 0.3) is 0 Å². The van der Waals surface area contributed by atoms with Crippen LogP contribution in [0, 0.1) is 0 Å². The van der Waals surface area contributed by atoms with Crippen molar-refractivity contribution in [1.29, 1.82) is 0 Å². The molecule has 0 fully saturated rings. The van der Waals surface area contributed by atoms with Gasteiger partial charge in [-0.05, 0) is 48.9 Å². The molecule has 2 heterocycles. The minimum atomic E-state index is 0.284. The maximum atomic E-state index is 5.74. The molecule has 0 saturated heterocycles. The number of para-hydroxylation sites is 1. The van der Waals surface area contributed by atoms with E-state index in [2.05, 4.69) is 23.6 Å². The summed E-state index contributed by atoms with van der Waals surface area (Å²) in [6.45, 7) is 0.789. The van der Waals surface area contributed by atoms with E-state index in [1.165, 1.54) is 5.56 Å². The topological polar surface area (TPSA) is 60.4 Å². The summed E-state index contributed by atoms with van der Waals surface area (Å²) in [5.74, 6) is 8.28. The highest BCUT2D eigenvalue weighted by Gasteiger charge is 2.24. The highest BCUT2D eigenvalue weighted by molar-refractivity contribution is 5.37. The summed E-state index contributed by atoms with van der Waals surface area (Å²) in [7, 11) is 0. The van der Waals surface area contributed by atoms with Gasteiger partial charge in [-0.25, -0.2) is 0 Å². The van der Waals surface area contributed by atoms with Crippen LogP contribution in [0.15, 0.2) is 47.1 Å². The molecule has 3 rings (SSSR count). The third-order valence-electron chi connectivity index (χ3n) is 4.21. The molecular formula is C17H22N2O2. The van der Waals surface area contributed by atoms with Crippen LogP contribution in [-0.4, -0.2) is 12.6 Å². The first kappa shape index (κ1) is 14.2. The van der Waals surface area contributed by atoms with Crippen molar-refractivity contribution in [2.75, 3.05) is 6.61 Å². The molecule has 2 aromatic rings. The molecule has 0 saturated carbocycles. The SMILES string of the molecule is NNC(CCc1ccco1)CC1CCOc2ccccc21. The standard InChI is InChI=1S/C17H22N2O2/c18-19-14(7-8-15-4-3-10-20-15)12-13-9-11-21-17-6-2-1-5-16(13)17/h1-6,10,13-14,19H,7-9,11-12,18H2. The van der Waals surface area contributed by atoms with Gasteiger partial charge >= 0.3 is 0 Å². The summed E-state index contributed by atoms with van der Waals surface area (Å²) < 4.78 is 11.1. The zero-order valence-electron chi connectivity index (χ0n) is 12.1. The lowest BCUT2D eigenvalue weighted by molar-refractivity contribution is 0.253. The van der Waals surface area contributed by atoms with Gasteiger partial charge in [0.1, 0.15) is 11.5 Å². The summed E-state index contributed by atoms with van der Waals surface area (Å²) in [5.41, 5.74) is 4.27. The number of fused-ring (bicyclic) bond motifs is 1. The Morgan fingerprint density at radius 3 is 2.95 bits per heavy atom. The number of hydrazine groups is 1. The molecule has 4 heteroatoms. The van der Waals surface area contributed by atoms with Crippen LogP contribution in [0.4, 0.5) is 0 Å². The second kappa shape index (κ2) is 6.78. The van der Waals surface area contributed by atoms with Crippen LogP contribution in [0.3, 0.4) is 0 Å². The molecule has 4 nitrogen and oxygen atoms in total. The monoisotopic (exact) mass is 286 g/mol. The molecule has 1 aromatic carbocycles. The van der Waals surface area contributed by atoms with Gasteiger partial charge < -0.3 is 9.15 Å². The summed E-state index contributed by atoms with van der Waals surface area (Å²) in [6, 6.07) is 12.5. The van der Waals surface area contributed by atoms with E-state index in [1.807, 2.05) is 18.2 Å². The van der Waals surface area contributed by atoms with Crippen molar-refractivity contribution < 1.29 is 9.15 Å². The van der Waals surface area contributed by atoms with Gasteiger partial charge in [0.05, 0.1) is 12.9 Å². The quantitative estimate of drug-likeness (QED) is 0.633. The minimum Gasteiger partial charge on any atom is -0.493 e. The Morgan fingerprint density at radius 2 is 2.14 bits per heavy atom. The molecule has 2 atom stereocenters. The molecule has 1 aliphatic rings. The first-order chi connectivity index (χ1) is 10.4. The second-order valence-corrected chi connectivity index (χ2v) is 5.59. The predicted octanol–water partition coefficient (Wildman–Crippen LogP) is 3.00. The number of nitrogens with one attached hydrogen (secondary N) is 1. The van der Waals surface area contributed by atoms with Crippen LogP contribution in [0.1, 0.15) is 36.5 Å². The first-order valence-electron chi connectivity index (χ1n) is 7.57. The van der Waals surface area contributed by atoms with Crippen LogP contribution >= 0.6 is 0 Å². The van der Waals surface area contributed by atoms with Gasteiger partial charge in [-0.2, -0.15) is 0 Å². The van der Waals surface area contributed by atoms with E-state index < -0.39 is 0 Å². The molecule has 2 unspecified atom stereocenters. The first-order valence-corrected chi connectivity index (χ1v) is 7.57. The number of hydrogen-bond donors (Lipinski definition) is 2. The van der Waals surface area contributed by atoms with Gasteiger partial charge in [0.2, 0.25) is 0 Å². The van der Waals surface area contributed by atoms with Crippen LogP contribution in [0.2, 0.25) is 0 Å². The fourth-order valence-corrected chi connectivity index (χ4v) is 3.04. The Balaban J connectivity index is 1.62. The van der Waals surface area contributed by atoms with Crippen LogP contribution < -0.4 is 16.0 Å². The van der Waals surface area contributed by atoms with E-state index in [-0.39, 0.29) is 6.04 Å². The van der Waals surface area contributed by atoms with E-state index in [0.29, 0.717) is 5.92 Å². The average molecular weight is 286 g/mol.